The first-order valence-corrected chi connectivity index (χ1v) is 7.96. The van der Waals surface area contributed by atoms with E-state index in [1.54, 1.807) is 0 Å². The molecule has 0 bridgehead atoms. The second-order valence-corrected chi connectivity index (χ2v) is 6.54. The number of anilines is 1. The van der Waals surface area contributed by atoms with Gasteiger partial charge < -0.3 is 11.1 Å². The van der Waals surface area contributed by atoms with Gasteiger partial charge in [-0.25, -0.2) is 0 Å². The zero-order chi connectivity index (χ0) is 14.5. The van der Waals surface area contributed by atoms with E-state index in [1.165, 1.54) is 17.8 Å². The number of carbonyl (C=O) groups is 1. The molecule has 0 fully saturated rings. The van der Waals surface area contributed by atoms with Crippen molar-refractivity contribution in [2.75, 3.05) is 12.3 Å². The Morgan fingerprint density at radius 3 is 2.75 bits per heavy atom. The quantitative estimate of drug-likeness (QED) is 0.789. The average Bonchev–Trinajstić information content (AvgIpc) is 2.76. The fraction of sp³-hybridized carbons (Fsp3) is 0.438. The van der Waals surface area contributed by atoms with Crippen LogP contribution in [0.5, 0.6) is 0 Å². The number of hydrogen-bond donors (Lipinski definition) is 2. The monoisotopic (exact) mass is 290 g/mol. The first kappa shape index (κ1) is 14.9. The molecule has 0 unspecified atom stereocenters. The van der Waals surface area contributed by atoms with Gasteiger partial charge in [0.1, 0.15) is 4.88 Å². The maximum absolute atomic E-state index is 12.2. The highest BCUT2D eigenvalue weighted by Crippen LogP contribution is 2.33. The van der Waals surface area contributed by atoms with Crippen LogP contribution in [0.1, 0.15) is 42.8 Å². The Bertz CT molecular complexity index is 589. The number of amides is 1. The van der Waals surface area contributed by atoms with E-state index in [9.17, 15) is 4.79 Å². The second-order valence-electron chi connectivity index (χ2n) is 5.49. The number of carbonyl (C=O) groups excluding carboxylic acids is 1. The van der Waals surface area contributed by atoms with Crippen LogP contribution in [-0.2, 0) is 0 Å². The summed E-state index contributed by atoms with van der Waals surface area (Å²) in [6.45, 7) is 5.16. The van der Waals surface area contributed by atoms with Crippen LogP contribution in [0.3, 0.4) is 0 Å². The van der Waals surface area contributed by atoms with Gasteiger partial charge in [0.2, 0.25) is 0 Å². The molecule has 3 nitrogen and oxygen atoms in total. The SMILES string of the molecule is CC(C)CCCCNC(=O)c1sc2ccccc2c1N. The van der Waals surface area contributed by atoms with Crippen molar-refractivity contribution in [1.29, 1.82) is 0 Å². The summed E-state index contributed by atoms with van der Waals surface area (Å²) in [5.74, 6) is 0.678. The first-order valence-electron chi connectivity index (χ1n) is 7.14. The lowest BCUT2D eigenvalue weighted by Gasteiger charge is -2.06. The van der Waals surface area contributed by atoms with Gasteiger partial charge >= 0.3 is 0 Å². The van der Waals surface area contributed by atoms with E-state index in [-0.39, 0.29) is 5.91 Å². The van der Waals surface area contributed by atoms with E-state index in [0.29, 0.717) is 10.6 Å². The third kappa shape index (κ3) is 3.51. The van der Waals surface area contributed by atoms with Gasteiger partial charge in [-0.2, -0.15) is 0 Å². The molecule has 2 aromatic rings. The van der Waals surface area contributed by atoms with Crippen LogP contribution in [0.25, 0.3) is 10.1 Å². The number of rotatable bonds is 6. The van der Waals surface area contributed by atoms with Crippen molar-refractivity contribution in [3.05, 3.63) is 29.1 Å². The van der Waals surface area contributed by atoms with E-state index in [2.05, 4.69) is 19.2 Å². The van der Waals surface area contributed by atoms with Gasteiger partial charge in [0, 0.05) is 16.6 Å². The van der Waals surface area contributed by atoms with Crippen molar-refractivity contribution < 1.29 is 4.79 Å². The van der Waals surface area contributed by atoms with Crippen molar-refractivity contribution in [1.82, 2.24) is 5.32 Å². The predicted octanol–water partition coefficient (Wildman–Crippen LogP) is 4.04. The molecule has 108 valence electrons. The number of nitrogen functional groups attached to an aromatic ring is 1. The van der Waals surface area contributed by atoms with Crippen molar-refractivity contribution in [3.8, 4) is 0 Å². The summed E-state index contributed by atoms with van der Waals surface area (Å²) < 4.78 is 1.06. The van der Waals surface area contributed by atoms with Crippen LogP contribution in [0, 0.1) is 5.92 Å². The van der Waals surface area contributed by atoms with Gasteiger partial charge in [-0.15, -0.1) is 11.3 Å². The normalized spacial score (nSPS) is 11.2. The van der Waals surface area contributed by atoms with Gasteiger partial charge in [0.25, 0.3) is 5.91 Å². The lowest BCUT2D eigenvalue weighted by atomic mass is 10.1. The second kappa shape index (κ2) is 6.75. The number of hydrogen-bond acceptors (Lipinski definition) is 3. The van der Waals surface area contributed by atoms with E-state index < -0.39 is 0 Å². The molecule has 0 atom stereocenters. The maximum atomic E-state index is 12.2. The molecule has 0 saturated carbocycles. The number of fused-ring (bicyclic) bond motifs is 1. The van der Waals surface area contributed by atoms with E-state index in [0.717, 1.165) is 35.4 Å². The molecule has 0 radical (unpaired) electrons. The highest BCUT2D eigenvalue weighted by molar-refractivity contribution is 7.21. The topological polar surface area (TPSA) is 55.1 Å². The fourth-order valence-corrected chi connectivity index (χ4v) is 3.23. The zero-order valence-electron chi connectivity index (χ0n) is 12.1. The molecule has 20 heavy (non-hydrogen) atoms. The van der Waals surface area contributed by atoms with Gasteiger partial charge in [-0.1, -0.05) is 44.9 Å². The van der Waals surface area contributed by atoms with Crippen molar-refractivity contribution in [2.45, 2.75) is 33.1 Å². The summed E-state index contributed by atoms with van der Waals surface area (Å²) in [5.41, 5.74) is 6.66. The highest BCUT2D eigenvalue weighted by Gasteiger charge is 2.15. The minimum Gasteiger partial charge on any atom is -0.397 e. The van der Waals surface area contributed by atoms with Crippen molar-refractivity contribution in [2.24, 2.45) is 5.92 Å². The zero-order valence-corrected chi connectivity index (χ0v) is 12.9. The molecule has 1 aromatic carbocycles. The third-order valence-electron chi connectivity index (χ3n) is 3.33. The molecule has 1 heterocycles. The van der Waals surface area contributed by atoms with Gasteiger partial charge in [-0.05, 0) is 18.4 Å². The Balaban J connectivity index is 1.93. The fourth-order valence-electron chi connectivity index (χ4n) is 2.19. The van der Waals surface area contributed by atoms with Crippen LogP contribution in [-0.4, -0.2) is 12.5 Å². The molecule has 0 aliphatic rings. The molecule has 0 aliphatic carbocycles. The Morgan fingerprint density at radius 2 is 2.05 bits per heavy atom. The Kier molecular flexibility index (Phi) is 5.01. The van der Waals surface area contributed by atoms with Crippen LogP contribution < -0.4 is 11.1 Å². The van der Waals surface area contributed by atoms with Gasteiger partial charge in [0.05, 0.1) is 5.69 Å². The largest absolute Gasteiger partial charge is 0.397 e. The third-order valence-corrected chi connectivity index (χ3v) is 4.52. The molecule has 0 aliphatic heterocycles. The molecule has 3 N–H and O–H groups in total. The van der Waals surface area contributed by atoms with E-state index >= 15 is 0 Å². The molecule has 4 heteroatoms. The van der Waals surface area contributed by atoms with Crippen LogP contribution in [0.2, 0.25) is 0 Å². The van der Waals surface area contributed by atoms with Crippen molar-refractivity contribution >= 4 is 33.0 Å². The van der Waals surface area contributed by atoms with E-state index in [1.807, 2.05) is 24.3 Å². The molecular formula is C16H22N2OS. The molecule has 1 amide bonds. The van der Waals surface area contributed by atoms with Crippen LogP contribution in [0.4, 0.5) is 5.69 Å². The van der Waals surface area contributed by atoms with Crippen molar-refractivity contribution in [3.63, 3.8) is 0 Å². The van der Waals surface area contributed by atoms with Crippen LogP contribution >= 0.6 is 11.3 Å². The lowest BCUT2D eigenvalue weighted by Crippen LogP contribution is -2.24. The standard InChI is InChI=1S/C16H22N2OS/c1-11(2)7-5-6-10-18-16(19)15-14(17)12-8-3-4-9-13(12)20-15/h3-4,8-9,11H,5-7,10,17H2,1-2H3,(H,18,19). The Labute approximate surface area is 124 Å². The number of thiophene rings is 1. The molecular weight excluding hydrogens is 268 g/mol. The molecule has 2 rings (SSSR count). The van der Waals surface area contributed by atoms with E-state index in [4.69, 9.17) is 5.73 Å². The maximum Gasteiger partial charge on any atom is 0.263 e. The minimum atomic E-state index is -0.0479. The number of benzene rings is 1. The minimum absolute atomic E-state index is 0.0479. The highest BCUT2D eigenvalue weighted by atomic mass is 32.1. The number of unbranched alkanes of at least 4 members (excludes halogenated alkanes) is 1. The molecule has 0 saturated heterocycles. The van der Waals surface area contributed by atoms with Gasteiger partial charge in [0.15, 0.2) is 0 Å². The first-order chi connectivity index (χ1) is 9.59. The number of nitrogens with one attached hydrogen (secondary N) is 1. The summed E-state index contributed by atoms with van der Waals surface area (Å²) in [4.78, 5) is 12.8. The van der Waals surface area contributed by atoms with Crippen LogP contribution in [0.15, 0.2) is 24.3 Å². The smallest absolute Gasteiger partial charge is 0.263 e. The average molecular weight is 290 g/mol. The summed E-state index contributed by atoms with van der Waals surface area (Å²) in [6.07, 6.45) is 3.38. The summed E-state index contributed by atoms with van der Waals surface area (Å²) in [6, 6.07) is 7.86. The summed E-state index contributed by atoms with van der Waals surface area (Å²) in [7, 11) is 0. The number of nitrogens with two attached hydrogens (primary N) is 1. The summed E-state index contributed by atoms with van der Waals surface area (Å²) in [5, 5.41) is 3.94. The predicted molar refractivity (Wildman–Crippen MR) is 87.3 cm³/mol. The molecule has 1 aromatic heterocycles. The Hall–Kier alpha value is -1.55. The van der Waals surface area contributed by atoms with Gasteiger partial charge in [-0.3, -0.25) is 4.79 Å². The Morgan fingerprint density at radius 1 is 1.30 bits per heavy atom. The molecule has 0 spiro atoms. The summed E-state index contributed by atoms with van der Waals surface area (Å²) >= 11 is 1.46. The lowest BCUT2D eigenvalue weighted by molar-refractivity contribution is 0.0958.